The predicted molar refractivity (Wildman–Crippen MR) is 170 cm³/mol. The predicted octanol–water partition coefficient (Wildman–Crippen LogP) is 7.27. The van der Waals surface area contributed by atoms with Gasteiger partial charge in [-0.1, -0.05) is 60.7 Å². The highest BCUT2D eigenvalue weighted by Crippen LogP contribution is 2.54. The minimum absolute atomic E-state index is 0.00527. The summed E-state index contributed by atoms with van der Waals surface area (Å²) in [7, 11) is 0. The van der Waals surface area contributed by atoms with Gasteiger partial charge in [0.15, 0.2) is 6.10 Å². The van der Waals surface area contributed by atoms with Crippen molar-refractivity contribution >= 4 is 17.2 Å². The van der Waals surface area contributed by atoms with E-state index in [2.05, 4.69) is 28.6 Å². The molecule has 46 heavy (non-hydrogen) atoms. The second kappa shape index (κ2) is 11.7. The molecule has 0 bridgehead atoms. The second-order valence-corrected chi connectivity index (χ2v) is 12.9. The molecule has 1 aliphatic heterocycles. The molecule has 2 N–H and O–H groups in total. The monoisotopic (exact) mass is 641 g/mol. The van der Waals surface area contributed by atoms with Crippen LogP contribution in [0.15, 0.2) is 95.1 Å². The summed E-state index contributed by atoms with van der Waals surface area (Å²) in [6.07, 6.45) is -3.18. The molecule has 1 atom stereocenters. The molecular weight excluding hydrogens is 611 g/mol. The Morgan fingerprint density at radius 2 is 1.65 bits per heavy atom. The number of hydrogen-bond acceptors (Lipinski definition) is 5. The van der Waals surface area contributed by atoms with Crippen LogP contribution in [-0.2, 0) is 29.4 Å². The van der Waals surface area contributed by atoms with Gasteiger partial charge in [-0.05, 0) is 83.1 Å². The lowest BCUT2D eigenvalue weighted by atomic mass is 9.98. The molecule has 2 aliphatic rings. The zero-order valence-electron chi connectivity index (χ0n) is 24.7. The van der Waals surface area contributed by atoms with E-state index in [9.17, 15) is 27.9 Å². The maximum atomic E-state index is 13.5. The summed E-state index contributed by atoms with van der Waals surface area (Å²) in [6.45, 7) is 0.330. The van der Waals surface area contributed by atoms with E-state index in [1.807, 2.05) is 18.2 Å². The molecule has 6 nitrogen and oxygen atoms in total. The average molecular weight is 642 g/mol. The van der Waals surface area contributed by atoms with Crippen molar-refractivity contribution < 1.29 is 23.1 Å². The van der Waals surface area contributed by atoms with Crippen molar-refractivity contribution in [3.05, 3.63) is 134 Å². The summed E-state index contributed by atoms with van der Waals surface area (Å²) in [4.78, 5) is 37.7. The average Bonchev–Trinajstić information content (AvgIpc) is 3.78. The summed E-state index contributed by atoms with van der Waals surface area (Å²) in [6, 6.07) is 23.6. The SMILES string of the molecule is O=C(C(O)c1cccc(-c2cccc(C(F)(F)F)c2)c1)N1CCCc2nc(C3(c4cc(-c5ccccc5)cs4)CC3)[nH]c(=O)c2C1. The Morgan fingerprint density at radius 3 is 2.39 bits per heavy atom. The molecule has 7 rings (SSSR count). The summed E-state index contributed by atoms with van der Waals surface area (Å²) < 4.78 is 39.8. The number of aromatic nitrogens is 2. The quantitative estimate of drug-likeness (QED) is 0.204. The number of nitrogens with zero attached hydrogens (tertiary/aromatic N) is 2. The van der Waals surface area contributed by atoms with Gasteiger partial charge in [0.25, 0.3) is 11.5 Å². The zero-order chi connectivity index (χ0) is 32.1. The Hall–Kier alpha value is -4.54. The lowest BCUT2D eigenvalue weighted by Crippen LogP contribution is -2.36. The van der Waals surface area contributed by atoms with Gasteiger partial charge in [0.2, 0.25) is 0 Å². The van der Waals surface area contributed by atoms with Crippen LogP contribution in [0.3, 0.4) is 0 Å². The number of aliphatic hydroxyl groups is 1. The third kappa shape index (κ3) is 5.67. The molecule has 2 aromatic heterocycles. The highest BCUT2D eigenvalue weighted by molar-refractivity contribution is 7.10. The molecule has 5 aromatic rings. The van der Waals surface area contributed by atoms with Crippen molar-refractivity contribution in [2.24, 2.45) is 0 Å². The first-order valence-corrected chi connectivity index (χ1v) is 16.0. The Labute approximate surface area is 267 Å². The van der Waals surface area contributed by atoms with Crippen LogP contribution < -0.4 is 5.56 Å². The van der Waals surface area contributed by atoms with Crippen molar-refractivity contribution in [2.45, 2.75) is 49.9 Å². The van der Waals surface area contributed by atoms with E-state index >= 15 is 0 Å². The van der Waals surface area contributed by atoms with Crippen molar-refractivity contribution in [3.63, 3.8) is 0 Å². The first-order chi connectivity index (χ1) is 22.1. The number of hydrogen-bond donors (Lipinski definition) is 2. The van der Waals surface area contributed by atoms with Crippen molar-refractivity contribution in [3.8, 4) is 22.3 Å². The number of thiophene rings is 1. The van der Waals surface area contributed by atoms with E-state index < -0.39 is 23.8 Å². The number of amides is 1. The Morgan fingerprint density at radius 1 is 0.935 bits per heavy atom. The minimum Gasteiger partial charge on any atom is -0.378 e. The Bertz CT molecular complexity index is 1980. The molecule has 1 aliphatic carbocycles. The number of rotatable bonds is 6. The Kier molecular flexibility index (Phi) is 7.65. The maximum Gasteiger partial charge on any atom is 0.416 e. The van der Waals surface area contributed by atoms with Gasteiger partial charge in [-0.15, -0.1) is 11.3 Å². The van der Waals surface area contributed by atoms with Crippen molar-refractivity contribution in [1.29, 1.82) is 0 Å². The first kappa shape index (κ1) is 30.1. The smallest absolute Gasteiger partial charge is 0.378 e. The number of fused-ring (bicyclic) bond motifs is 1. The van der Waals surface area contributed by atoms with Gasteiger partial charge >= 0.3 is 6.18 Å². The van der Waals surface area contributed by atoms with Crippen LogP contribution >= 0.6 is 11.3 Å². The largest absolute Gasteiger partial charge is 0.416 e. The minimum atomic E-state index is -4.49. The van der Waals surface area contributed by atoms with Crippen molar-refractivity contribution in [2.75, 3.05) is 6.54 Å². The van der Waals surface area contributed by atoms with E-state index in [1.54, 1.807) is 35.6 Å². The number of aryl methyl sites for hydroxylation is 1. The topological polar surface area (TPSA) is 86.3 Å². The van der Waals surface area contributed by atoms with E-state index in [4.69, 9.17) is 4.98 Å². The molecule has 3 aromatic carbocycles. The van der Waals surface area contributed by atoms with Gasteiger partial charge in [-0.2, -0.15) is 13.2 Å². The van der Waals surface area contributed by atoms with Gasteiger partial charge in [-0.3, -0.25) is 9.59 Å². The fourth-order valence-corrected chi connectivity index (χ4v) is 7.39. The van der Waals surface area contributed by atoms with E-state index in [1.165, 1.54) is 17.0 Å². The number of nitrogens with one attached hydrogen (secondary N) is 1. The zero-order valence-corrected chi connectivity index (χ0v) is 25.5. The fraction of sp³-hybridized carbons (Fsp3) is 0.250. The van der Waals surface area contributed by atoms with Crippen LogP contribution in [0.5, 0.6) is 0 Å². The van der Waals surface area contributed by atoms with Crippen molar-refractivity contribution in [1.82, 2.24) is 14.9 Å². The molecule has 0 radical (unpaired) electrons. The lowest BCUT2D eigenvalue weighted by Gasteiger charge is -2.24. The van der Waals surface area contributed by atoms with E-state index in [-0.39, 0.29) is 23.1 Å². The lowest BCUT2D eigenvalue weighted by molar-refractivity contribution is -0.141. The molecular formula is C36H30F3N3O3S. The number of carbonyl (C=O) groups is 1. The van der Waals surface area contributed by atoms with E-state index in [0.29, 0.717) is 47.6 Å². The Balaban J connectivity index is 1.11. The molecule has 1 unspecified atom stereocenters. The van der Waals surface area contributed by atoms with Crippen LogP contribution in [0.2, 0.25) is 0 Å². The molecule has 0 saturated heterocycles. The molecule has 0 spiro atoms. The maximum absolute atomic E-state index is 13.5. The van der Waals surface area contributed by atoms with Crippen LogP contribution in [0.4, 0.5) is 13.2 Å². The van der Waals surface area contributed by atoms with Gasteiger partial charge in [0.05, 0.1) is 28.8 Å². The summed E-state index contributed by atoms with van der Waals surface area (Å²) in [5, 5.41) is 13.2. The first-order valence-electron chi connectivity index (χ1n) is 15.1. The van der Waals surface area contributed by atoms with Gasteiger partial charge < -0.3 is 15.0 Å². The normalized spacial score (nSPS) is 16.4. The van der Waals surface area contributed by atoms with Crippen LogP contribution in [0.1, 0.15) is 58.5 Å². The number of aliphatic hydroxyl groups excluding tert-OH is 1. The van der Waals surface area contributed by atoms with Gasteiger partial charge in [-0.25, -0.2) is 4.98 Å². The molecule has 1 fully saturated rings. The second-order valence-electron chi connectivity index (χ2n) is 12.0. The standard InChI is InChI=1S/C36H30F3N3O3S/c37-36(38,39)27-12-5-10-24(18-27)23-9-4-11-25(17-23)31(43)33(45)42-16-6-13-29-28(20-42)32(44)41-34(40-29)35(14-15-35)30-19-26(21-46-30)22-7-2-1-3-8-22/h1-5,7-12,17-19,21,31,43H,6,13-16,20H2,(H,40,41,44). The summed E-state index contributed by atoms with van der Waals surface area (Å²) >= 11 is 1.67. The third-order valence-corrected chi connectivity index (χ3v) is 10.1. The number of benzene rings is 3. The molecule has 234 valence electrons. The number of alkyl halides is 3. The van der Waals surface area contributed by atoms with Crippen LogP contribution in [-0.4, -0.2) is 32.4 Å². The van der Waals surface area contributed by atoms with Crippen LogP contribution in [0.25, 0.3) is 22.3 Å². The number of aromatic amines is 1. The highest BCUT2D eigenvalue weighted by Gasteiger charge is 2.50. The van der Waals surface area contributed by atoms with E-state index in [0.717, 1.165) is 41.0 Å². The number of H-pyrrole nitrogens is 1. The van der Waals surface area contributed by atoms with Crippen LogP contribution in [0, 0.1) is 0 Å². The van der Waals surface area contributed by atoms with Gasteiger partial charge in [0, 0.05) is 11.4 Å². The highest BCUT2D eigenvalue weighted by atomic mass is 32.1. The third-order valence-electron chi connectivity index (χ3n) is 8.94. The summed E-state index contributed by atoms with van der Waals surface area (Å²) in [5.74, 6) is 0.0761. The number of carbonyl (C=O) groups excluding carboxylic acids is 1. The molecule has 10 heteroatoms. The fourth-order valence-electron chi connectivity index (χ4n) is 6.21. The molecule has 1 amide bonds. The molecule has 3 heterocycles. The summed E-state index contributed by atoms with van der Waals surface area (Å²) in [5.41, 5.74) is 2.98. The van der Waals surface area contributed by atoms with Gasteiger partial charge in [0.1, 0.15) is 5.82 Å². The number of halogens is 3. The molecule has 1 saturated carbocycles.